The zero-order chi connectivity index (χ0) is 17.1. The lowest BCUT2D eigenvalue weighted by molar-refractivity contribution is -0.118. The summed E-state index contributed by atoms with van der Waals surface area (Å²) in [7, 11) is 1.55. The average molecular weight is 323 g/mol. The fourth-order valence-electron chi connectivity index (χ4n) is 3.03. The Hall–Kier alpha value is -2.69. The summed E-state index contributed by atoms with van der Waals surface area (Å²) in [6.07, 6.45) is 0.782. The molecule has 1 atom stereocenters. The second-order valence-corrected chi connectivity index (χ2v) is 6.09. The first-order valence-electron chi connectivity index (χ1n) is 8.02. The quantitative estimate of drug-likeness (QED) is 0.886. The zero-order valence-electron chi connectivity index (χ0n) is 14.0. The number of amidine groups is 1. The number of ketones is 1. The van der Waals surface area contributed by atoms with Crippen molar-refractivity contribution in [2.75, 3.05) is 7.11 Å². The maximum atomic E-state index is 12.4. The first-order valence-corrected chi connectivity index (χ1v) is 8.02. The van der Waals surface area contributed by atoms with E-state index >= 15 is 0 Å². The molecule has 2 heterocycles. The molecule has 0 bridgehead atoms. The normalized spacial score (nSPS) is 14.0. The first kappa shape index (κ1) is 16.2. The topological polar surface area (TPSA) is 77.6 Å². The van der Waals surface area contributed by atoms with Crippen molar-refractivity contribution in [1.29, 1.82) is 0 Å². The number of nitrogens with zero attached hydrogens (tertiary/aromatic N) is 2. The van der Waals surface area contributed by atoms with Gasteiger partial charge in [-0.2, -0.15) is 0 Å². The van der Waals surface area contributed by atoms with E-state index in [1.165, 1.54) is 5.56 Å². The highest BCUT2D eigenvalue weighted by Crippen LogP contribution is 2.27. The van der Waals surface area contributed by atoms with Gasteiger partial charge in [0.05, 0.1) is 24.9 Å². The SMILES string of the molecule is COc1nc(CC(=O)C[C@H](C)c2ccccc2)cc2c1C(N)=NC2. The average Bonchev–Trinajstić information content (AvgIpc) is 2.96. The molecule has 5 nitrogen and oxygen atoms in total. The Morgan fingerprint density at radius 3 is 2.79 bits per heavy atom. The van der Waals surface area contributed by atoms with Crippen LogP contribution in [0.5, 0.6) is 5.88 Å². The fraction of sp³-hybridized carbons (Fsp3) is 0.316. The van der Waals surface area contributed by atoms with Crippen LogP contribution in [0.25, 0.3) is 0 Å². The van der Waals surface area contributed by atoms with E-state index in [0.29, 0.717) is 36.8 Å². The molecule has 0 saturated heterocycles. The summed E-state index contributed by atoms with van der Waals surface area (Å²) in [5, 5.41) is 0. The Labute approximate surface area is 141 Å². The van der Waals surface area contributed by atoms with E-state index in [4.69, 9.17) is 10.5 Å². The molecule has 1 aliphatic heterocycles. The van der Waals surface area contributed by atoms with Gasteiger partial charge >= 0.3 is 0 Å². The van der Waals surface area contributed by atoms with Crippen molar-refractivity contribution in [1.82, 2.24) is 4.98 Å². The van der Waals surface area contributed by atoms with E-state index in [9.17, 15) is 4.79 Å². The van der Waals surface area contributed by atoms with Crippen molar-refractivity contribution < 1.29 is 9.53 Å². The van der Waals surface area contributed by atoms with E-state index in [2.05, 4.69) is 29.0 Å². The van der Waals surface area contributed by atoms with E-state index in [1.54, 1.807) is 7.11 Å². The Kier molecular flexibility index (Phi) is 4.60. The number of carbonyl (C=O) groups excluding carboxylic acids is 1. The van der Waals surface area contributed by atoms with Crippen LogP contribution in [0, 0.1) is 0 Å². The predicted molar refractivity (Wildman–Crippen MR) is 93.4 cm³/mol. The second-order valence-electron chi connectivity index (χ2n) is 6.09. The number of benzene rings is 1. The van der Waals surface area contributed by atoms with Crippen LogP contribution in [-0.2, 0) is 17.8 Å². The lowest BCUT2D eigenvalue weighted by Crippen LogP contribution is -2.15. The highest BCUT2D eigenvalue weighted by atomic mass is 16.5. The van der Waals surface area contributed by atoms with Gasteiger partial charge in [0, 0.05) is 12.8 Å². The molecular weight excluding hydrogens is 302 g/mol. The number of carbonyl (C=O) groups is 1. The molecule has 2 N–H and O–H groups in total. The number of pyridine rings is 1. The minimum Gasteiger partial charge on any atom is -0.480 e. The van der Waals surface area contributed by atoms with E-state index in [0.717, 1.165) is 11.1 Å². The van der Waals surface area contributed by atoms with Crippen LogP contribution in [0.3, 0.4) is 0 Å². The van der Waals surface area contributed by atoms with Gasteiger partial charge in [-0.15, -0.1) is 0 Å². The fourth-order valence-corrected chi connectivity index (χ4v) is 3.03. The molecule has 0 aliphatic carbocycles. The van der Waals surface area contributed by atoms with Crippen molar-refractivity contribution in [3.05, 3.63) is 58.8 Å². The molecule has 0 saturated carbocycles. The Bertz CT molecular complexity index is 785. The third-order valence-corrected chi connectivity index (χ3v) is 4.27. The van der Waals surface area contributed by atoms with Crippen LogP contribution in [0.15, 0.2) is 41.4 Å². The van der Waals surface area contributed by atoms with Gasteiger partial charge in [0.25, 0.3) is 0 Å². The van der Waals surface area contributed by atoms with E-state index in [1.807, 2.05) is 24.3 Å². The number of rotatable bonds is 6. The smallest absolute Gasteiger partial charge is 0.224 e. The molecule has 0 spiro atoms. The molecule has 124 valence electrons. The number of fused-ring (bicyclic) bond motifs is 1. The lowest BCUT2D eigenvalue weighted by Gasteiger charge is -2.12. The molecule has 0 radical (unpaired) electrons. The standard InChI is InChI=1S/C19H21N3O2/c1-12(13-6-4-3-5-7-13)8-16(23)10-15-9-14-11-21-18(20)17(14)19(22-15)24-2/h3-7,9,12H,8,10-11H2,1-2H3,(H2,20,21)/t12-/m0/s1. The summed E-state index contributed by atoms with van der Waals surface area (Å²) in [6, 6.07) is 12.0. The molecule has 0 unspecified atom stereocenters. The van der Waals surface area contributed by atoms with Crippen LogP contribution in [0.2, 0.25) is 0 Å². The van der Waals surface area contributed by atoms with Gasteiger partial charge in [-0.3, -0.25) is 9.79 Å². The van der Waals surface area contributed by atoms with Gasteiger partial charge in [-0.1, -0.05) is 37.3 Å². The number of nitrogens with two attached hydrogens (primary N) is 1. The molecular formula is C19H21N3O2. The number of hydrogen-bond acceptors (Lipinski definition) is 5. The summed E-state index contributed by atoms with van der Waals surface area (Å²) in [6.45, 7) is 2.58. The number of hydrogen-bond donors (Lipinski definition) is 1. The van der Waals surface area contributed by atoms with Gasteiger partial charge in [0.1, 0.15) is 11.6 Å². The Balaban J connectivity index is 1.71. The van der Waals surface area contributed by atoms with Crippen LogP contribution < -0.4 is 10.5 Å². The van der Waals surface area contributed by atoms with Crippen LogP contribution in [0.4, 0.5) is 0 Å². The number of aromatic nitrogens is 1. The summed E-state index contributed by atoms with van der Waals surface area (Å²) in [5.74, 6) is 1.25. The number of Topliss-reactive ketones (excluding diaryl/α,β-unsaturated/α-hetero) is 1. The second kappa shape index (κ2) is 6.83. The molecule has 2 aromatic rings. The van der Waals surface area contributed by atoms with Crippen molar-refractivity contribution in [3.8, 4) is 5.88 Å². The third kappa shape index (κ3) is 3.30. The van der Waals surface area contributed by atoms with Crippen molar-refractivity contribution in [3.63, 3.8) is 0 Å². The Morgan fingerprint density at radius 1 is 1.33 bits per heavy atom. The molecule has 24 heavy (non-hydrogen) atoms. The molecule has 0 fully saturated rings. The maximum absolute atomic E-state index is 12.4. The van der Waals surface area contributed by atoms with Gasteiger partial charge in [-0.25, -0.2) is 4.98 Å². The summed E-state index contributed by atoms with van der Waals surface area (Å²) < 4.78 is 5.32. The zero-order valence-corrected chi connectivity index (χ0v) is 14.0. The highest BCUT2D eigenvalue weighted by molar-refractivity contribution is 6.02. The number of ether oxygens (including phenoxy) is 1. The van der Waals surface area contributed by atoms with Gasteiger partial charge in [0.2, 0.25) is 5.88 Å². The molecule has 1 aromatic carbocycles. The molecule has 1 aliphatic rings. The minimum atomic E-state index is 0.160. The van der Waals surface area contributed by atoms with Crippen molar-refractivity contribution >= 4 is 11.6 Å². The Morgan fingerprint density at radius 2 is 2.08 bits per heavy atom. The van der Waals surface area contributed by atoms with Gasteiger partial charge in [0.15, 0.2) is 0 Å². The van der Waals surface area contributed by atoms with Gasteiger partial charge in [-0.05, 0) is 23.1 Å². The van der Waals surface area contributed by atoms with Gasteiger partial charge < -0.3 is 10.5 Å². The maximum Gasteiger partial charge on any atom is 0.224 e. The summed E-state index contributed by atoms with van der Waals surface area (Å²) >= 11 is 0. The van der Waals surface area contributed by atoms with Crippen LogP contribution in [0.1, 0.15) is 41.6 Å². The van der Waals surface area contributed by atoms with Crippen LogP contribution >= 0.6 is 0 Å². The summed E-state index contributed by atoms with van der Waals surface area (Å²) in [5.41, 5.74) is 9.48. The largest absolute Gasteiger partial charge is 0.480 e. The molecule has 3 rings (SSSR count). The highest BCUT2D eigenvalue weighted by Gasteiger charge is 2.22. The predicted octanol–water partition coefficient (Wildman–Crippen LogP) is 2.61. The number of aliphatic imine (C=N–C) groups is 1. The van der Waals surface area contributed by atoms with E-state index < -0.39 is 0 Å². The first-order chi connectivity index (χ1) is 11.6. The molecule has 1 aromatic heterocycles. The lowest BCUT2D eigenvalue weighted by atomic mass is 9.94. The number of methoxy groups -OCH3 is 1. The van der Waals surface area contributed by atoms with Crippen LogP contribution in [-0.4, -0.2) is 23.7 Å². The monoisotopic (exact) mass is 323 g/mol. The van der Waals surface area contributed by atoms with E-state index in [-0.39, 0.29) is 11.7 Å². The minimum absolute atomic E-state index is 0.160. The van der Waals surface area contributed by atoms with Crippen molar-refractivity contribution in [2.24, 2.45) is 10.7 Å². The third-order valence-electron chi connectivity index (χ3n) is 4.27. The summed E-state index contributed by atoms with van der Waals surface area (Å²) in [4.78, 5) is 21.1. The molecule has 0 amide bonds. The van der Waals surface area contributed by atoms with Crippen molar-refractivity contribution in [2.45, 2.75) is 32.2 Å². The molecule has 5 heteroatoms.